The molecule has 0 radical (unpaired) electrons. The smallest absolute Gasteiger partial charge is 0.284 e. The fourth-order valence-electron chi connectivity index (χ4n) is 1.92. The third kappa shape index (κ3) is 2.86. The second-order valence-electron chi connectivity index (χ2n) is 4.25. The highest BCUT2D eigenvalue weighted by molar-refractivity contribution is 9.10. The summed E-state index contributed by atoms with van der Waals surface area (Å²) in [6.45, 7) is 0. The molecule has 0 saturated heterocycles. The van der Waals surface area contributed by atoms with Gasteiger partial charge < -0.3 is 0 Å². The summed E-state index contributed by atoms with van der Waals surface area (Å²) in [7, 11) is 0. The van der Waals surface area contributed by atoms with Gasteiger partial charge in [-0.3, -0.25) is 15.1 Å². The summed E-state index contributed by atoms with van der Waals surface area (Å²) in [6.07, 6.45) is 3.34. The summed E-state index contributed by atoms with van der Waals surface area (Å²) in [4.78, 5) is 20.0. The minimum atomic E-state index is -0.449. The molecule has 3 aromatic rings. The molecule has 3 rings (SSSR count). The number of nitrogens with one attached hydrogen (secondary N) is 1. The van der Waals surface area contributed by atoms with Crippen LogP contribution in [-0.4, -0.2) is 21.5 Å². The number of fused-ring (bicyclic) bond motifs is 1. The Kier molecular flexibility index (Phi) is 4.42. The molecule has 2 heterocycles. The summed E-state index contributed by atoms with van der Waals surface area (Å²) in [5, 5.41) is 2.76. The maximum atomic E-state index is 14.3. The van der Waals surface area contributed by atoms with Crippen molar-refractivity contribution in [3.8, 4) is 11.3 Å². The zero-order valence-corrected chi connectivity index (χ0v) is 14.5. The first-order valence-corrected chi connectivity index (χ1v) is 8.98. The Labute approximate surface area is 142 Å². The average Bonchev–Trinajstić information content (AvgIpc) is 2.95. The van der Waals surface area contributed by atoms with Crippen molar-refractivity contribution in [2.24, 2.45) is 0 Å². The zero-order chi connectivity index (χ0) is 15.7. The third-order valence-corrected chi connectivity index (χ3v) is 4.95. The van der Waals surface area contributed by atoms with Gasteiger partial charge in [0.15, 0.2) is 10.9 Å². The van der Waals surface area contributed by atoms with Gasteiger partial charge in [0, 0.05) is 11.8 Å². The predicted molar refractivity (Wildman–Crippen MR) is 93.0 cm³/mol. The van der Waals surface area contributed by atoms with Crippen molar-refractivity contribution in [1.29, 1.82) is 0 Å². The van der Waals surface area contributed by atoms with Gasteiger partial charge in [-0.2, -0.15) is 0 Å². The summed E-state index contributed by atoms with van der Waals surface area (Å²) < 4.78 is 15.2. The zero-order valence-electron chi connectivity index (χ0n) is 11.3. The minimum absolute atomic E-state index is 0.219. The van der Waals surface area contributed by atoms with Crippen molar-refractivity contribution in [2.45, 2.75) is 0 Å². The van der Waals surface area contributed by atoms with Gasteiger partial charge in [-0.1, -0.05) is 29.2 Å². The molecule has 2 aromatic heterocycles. The van der Waals surface area contributed by atoms with Crippen LogP contribution in [-0.2, 0) is 0 Å². The Morgan fingerprint density at radius 1 is 1.45 bits per heavy atom. The van der Waals surface area contributed by atoms with Crippen molar-refractivity contribution in [1.82, 2.24) is 9.97 Å². The molecule has 0 fully saturated rings. The molecule has 0 aliphatic carbocycles. The Balaban J connectivity index is 2.20. The lowest BCUT2D eigenvalue weighted by molar-refractivity contribution is 0.270. The van der Waals surface area contributed by atoms with Crippen LogP contribution in [0.15, 0.2) is 34.9 Å². The molecule has 0 bridgehead atoms. The Morgan fingerprint density at radius 2 is 2.27 bits per heavy atom. The number of carbonyl (C=O) groups is 1. The fourth-order valence-corrected chi connectivity index (χ4v) is 3.58. The molecule has 1 N–H and O–H groups in total. The Bertz CT molecular complexity index is 854. The van der Waals surface area contributed by atoms with Crippen molar-refractivity contribution in [3.05, 3.63) is 40.8 Å². The van der Waals surface area contributed by atoms with Crippen LogP contribution in [0.25, 0.3) is 21.5 Å². The SMILES string of the molecule is CSC(=O)Nc1nc2c(F)c(Br)cc(-c3ccccn3)c2s1. The number of amides is 1. The lowest BCUT2D eigenvalue weighted by atomic mass is 10.1. The number of thiazole rings is 1. The molecule has 0 aliphatic heterocycles. The number of benzene rings is 1. The van der Waals surface area contributed by atoms with Crippen LogP contribution in [0.3, 0.4) is 0 Å². The Morgan fingerprint density at radius 3 is 2.95 bits per heavy atom. The van der Waals surface area contributed by atoms with Crippen molar-refractivity contribution in [3.63, 3.8) is 0 Å². The lowest BCUT2D eigenvalue weighted by Gasteiger charge is -2.04. The van der Waals surface area contributed by atoms with E-state index in [1.165, 1.54) is 11.3 Å². The van der Waals surface area contributed by atoms with Gasteiger partial charge in [0.05, 0.1) is 14.9 Å². The van der Waals surface area contributed by atoms with E-state index < -0.39 is 5.82 Å². The standard InChI is InChI=1S/C14H9BrFN3OS2/c1-21-14(20)19-13-18-11-10(16)8(15)6-7(12(11)22-13)9-4-2-3-5-17-9/h2-6H,1H3,(H,18,19,20). The quantitative estimate of drug-likeness (QED) is 0.648. The van der Waals surface area contributed by atoms with E-state index in [9.17, 15) is 9.18 Å². The number of pyridine rings is 1. The third-order valence-electron chi connectivity index (χ3n) is 2.90. The van der Waals surface area contributed by atoms with E-state index in [2.05, 4.69) is 31.2 Å². The molecule has 1 amide bonds. The van der Waals surface area contributed by atoms with Gasteiger partial charge in [0.2, 0.25) is 0 Å². The molecule has 4 nitrogen and oxygen atoms in total. The Hall–Kier alpha value is -1.51. The van der Waals surface area contributed by atoms with E-state index in [0.29, 0.717) is 14.3 Å². The second-order valence-corrected chi connectivity index (χ2v) is 6.88. The summed E-state index contributed by atoms with van der Waals surface area (Å²) >= 11 is 5.48. The lowest BCUT2D eigenvalue weighted by Crippen LogP contribution is -2.02. The number of hydrogen-bond donors (Lipinski definition) is 1. The van der Waals surface area contributed by atoms with Crippen molar-refractivity contribution < 1.29 is 9.18 Å². The van der Waals surface area contributed by atoms with Crippen LogP contribution in [0.1, 0.15) is 0 Å². The number of aromatic nitrogens is 2. The molecule has 0 atom stereocenters. The first-order chi connectivity index (χ1) is 10.6. The first kappa shape index (κ1) is 15.4. The number of halogens is 2. The average molecular weight is 398 g/mol. The van der Waals surface area contributed by atoms with Crippen LogP contribution in [0.5, 0.6) is 0 Å². The highest BCUT2D eigenvalue weighted by Gasteiger charge is 2.18. The molecule has 1 aromatic carbocycles. The number of anilines is 1. The van der Waals surface area contributed by atoms with Crippen LogP contribution >= 0.6 is 39.0 Å². The van der Waals surface area contributed by atoms with E-state index in [1.807, 2.05) is 18.2 Å². The number of carbonyl (C=O) groups excluding carboxylic acids is 1. The van der Waals surface area contributed by atoms with Gasteiger partial charge in [-0.25, -0.2) is 9.37 Å². The van der Waals surface area contributed by atoms with E-state index >= 15 is 0 Å². The fraction of sp³-hybridized carbons (Fsp3) is 0.0714. The molecule has 0 spiro atoms. The topological polar surface area (TPSA) is 54.9 Å². The van der Waals surface area contributed by atoms with Gasteiger partial charge in [-0.15, -0.1) is 0 Å². The van der Waals surface area contributed by atoms with Crippen LogP contribution < -0.4 is 5.32 Å². The molecule has 0 saturated carbocycles. The highest BCUT2D eigenvalue weighted by atomic mass is 79.9. The maximum absolute atomic E-state index is 14.3. The molecule has 0 unspecified atom stereocenters. The van der Waals surface area contributed by atoms with Gasteiger partial charge in [-0.05, 0) is 40.4 Å². The predicted octanol–water partition coefficient (Wildman–Crippen LogP) is 5.15. The molecular weight excluding hydrogens is 389 g/mol. The molecular formula is C14H9BrFN3OS2. The van der Waals surface area contributed by atoms with Gasteiger partial charge in [0.25, 0.3) is 5.24 Å². The molecule has 112 valence electrons. The monoisotopic (exact) mass is 397 g/mol. The van der Waals surface area contributed by atoms with Gasteiger partial charge in [0.1, 0.15) is 5.52 Å². The van der Waals surface area contributed by atoms with Crippen LogP contribution in [0.4, 0.5) is 14.3 Å². The van der Waals surface area contributed by atoms with E-state index in [4.69, 9.17) is 0 Å². The van der Waals surface area contributed by atoms with Crippen molar-refractivity contribution in [2.75, 3.05) is 11.6 Å². The number of rotatable bonds is 2. The number of hydrogen-bond acceptors (Lipinski definition) is 5. The second kappa shape index (κ2) is 6.31. The van der Waals surface area contributed by atoms with Crippen molar-refractivity contribution >= 4 is 59.6 Å². The molecule has 0 aliphatic rings. The number of thioether (sulfide) groups is 1. The number of nitrogens with zero attached hydrogens (tertiary/aromatic N) is 2. The maximum Gasteiger partial charge on any atom is 0.284 e. The van der Waals surface area contributed by atoms with E-state index in [0.717, 1.165) is 23.0 Å². The summed E-state index contributed by atoms with van der Waals surface area (Å²) in [5.41, 5.74) is 1.71. The molecule has 22 heavy (non-hydrogen) atoms. The van der Waals surface area contributed by atoms with Gasteiger partial charge >= 0.3 is 0 Å². The van der Waals surface area contributed by atoms with Crippen LogP contribution in [0, 0.1) is 5.82 Å². The van der Waals surface area contributed by atoms with E-state index in [-0.39, 0.29) is 10.8 Å². The van der Waals surface area contributed by atoms with E-state index in [1.54, 1.807) is 18.5 Å². The summed E-state index contributed by atoms with van der Waals surface area (Å²) in [5.74, 6) is -0.449. The minimum Gasteiger partial charge on any atom is -0.293 e. The normalized spacial score (nSPS) is 10.9. The first-order valence-electron chi connectivity index (χ1n) is 6.15. The summed E-state index contributed by atoms with van der Waals surface area (Å²) in [6, 6.07) is 7.20. The largest absolute Gasteiger partial charge is 0.293 e. The van der Waals surface area contributed by atoms with Crippen LogP contribution in [0.2, 0.25) is 0 Å². The highest BCUT2D eigenvalue weighted by Crippen LogP contribution is 2.39. The molecule has 8 heteroatoms.